The number of hydrogen-bond donors (Lipinski definition) is 3. The first-order valence-corrected chi connectivity index (χ1v) is 9.62. The van der Waals surface area contributed by atoms with E-state index in [1.807, 2.05) is 6.92 Å². The number of fused-ring (bicyclic) bond motifs is 1. The molecular formula is C16H22N4O4S. The molecule has 2 rings (SSSR count). The van der Waals surface area contributed by atoms with Crippen LogP contribution in [0.3, 0.4) is 0 Å². The summed E-state index contributed by atoms with van der Waals surface area (Å²) in [6, 6.07) is 6.55. The Labute approximate surface area is 147 Å². The SMILES string of the molecule is CCCNC(=O)CCNC(=O)CCN=C1NS(=O)(=O)c2ccccc21. The van der Waals surface area contributed by atoms with Gasteiger partial charge in [0.25, 0.3) is 10.0 Å². The van der Waals surface area contributed by atoms with E-state index in [1.54, 1.807) is 18.2 Å². The zero-order chi connectivity index (χ0) is 18.3. The molecule has 0 atom stereocenters. The molecule has 8 nitrogen and oxygen atoms in total. The number of carbonyl (C=O) groups is 2. The van der Waals surface area contributed by atoms with Crippen LogP contribution in [0.4, 0.5) is 0 Å². The highest BCUT2D eigenvalue weighted by Gasteiger charge is 2.29. The molecule has 0 fully saturated rings. The average molecular weight is 366 g/mol. The van der Waals surface area contributed by atoms with Gasteiger partial charge in [-0.25, -0.2) is 8.42 Å². The molecule has 0 saturated carbocycles. The van der Waals surface area contributed by atoms with Gasteiger partial charge < -0.3 is 10.6 Å². The number of amides is 2. The summed E-state index contributed by atoms with van der Waals surface area (Å²) in [5.41, 5.74) is 0.510. The molecule has 1 aliphatic heterocycles. The van der Waals surface area contributed by atoms with Crippen LogP contribution in [0.2, 0.25) is 0 Å². The summed E-state index contributed by atoms with van der Waals surface area (Å²) in [7, 11) is -3.56. The third-order valence-electron chi connectivity index (χ3n) is 3.52. The average Bonchev–Trinajstić information content (AvgIpc) is 2.84. The van der Waals surface area contributed by atoms with E-state index < -0.39 is 10.0 Å². The van der Waals surface area contributed by atoms with Crippen LogP contribution >= 0.6 is 0 Å². The molecule has 0 saturated heterocycles. The summed E-state index contributed by atoms with van der Waals surface area (Å²) in [4.78, 5) is 27.5. The molecule has 0 radical (unpaired) electrons. The summed E-state index contributed by atoms with van der Waals surface area (Å²) in [5.74, 6) is -0.0801. The summed E-state index contributed by atoms with van der Waals surface area (Å²) in [6.45, 7) is 3.01. The quantitative estimate of drug-likeness (QED) is 0.607. The lowest BCUT2D eigenvalue weighted by atomic mass is 10.2. The largest absolute Gasteiger partial charge is 0.356 e. The Bertz CT molecular complexity index is 774. The van der Waals surface area contributed by atoms with Crippen molar-refractivity contribution in [1.29, 1.82) is 0 Å². The minimum absolute atomic E-state index is 0.0978. The Hall–Kier alpha value is -2.42. The Morgan fingerprint density at radius 1 is 1.08 bits per heavy atom. The third kappa shape index (κ3) is 5.28. The molecule has 9 heteroatoms. The molecule has 1 aromatic rings. The topological polar surface area (TPSA) is 117 Å². The van der Waals surface area contributed by atoms with E-state index in [-0.39, 0.29) is 48.5 Å². The molecule has 25 heavy (non-hydrogen) atoms. The van der Waals surface area contributed by atoms with E-state index in [1.165, 1.54) is 6.07 Å². The minimum Gasteiger partial charge on any atom is -0.356 e. The van der Waals surface area contributed by atoms with Crippen LogP contribution in [0.25, 0.3) is 0 Å². The maximum atomic E-state index is 11.9. The zero-order valence-electron chi connectivity index (χ0n) is 14.0. The van der Waals surface area contributed by atoms with Crippen molar-refractivity contribution in [2.75, 3.05) is 19.6 Å². The molecular weight excluding hydrogens is 344 g/mol. The first kappa shape index (κ1) is 18.9. The van der Waals surface area contributed by atoms with E-state index in [0.717, 1.165) is 6.42 Å². The summed E-state index contributed by atoms with van der Waals surface area (Å²) < 4.78 is 26.2. The molecule has 1 heterocycles. The Morgan fingerprint density at radius 2 is 1.76 bits per heavy atom. The van der Waals surface area contributed by atoms with E-state index in [0.29, 0.717) is 12.1 Å². The molecule has 1 aromatic carbocycles. The third-order valence-corrected chi connectivity index (χ3v) is 4.92. The highest BCUT2D eigenvalue weighted by molar-refractivity contribution is 7.90. The van der Waals surface area contributed by atoms with Crippen molar-refractivity contribution in [3.8, 4) is 0 Å². The first-order valence-electron chi connectivity index (χ1n) is 8.14. The molecule has 0 unspecified atom stereocenters. The van der Waals surface area contributed by atoms with Crippen LogP contribution in [-0.4, -0.2) is 45.7 Å². The maximum absolute atomic E-state index is 11.9. The van der Waals surface area contributed by atoms with Gasteiger partial charge in [0.1, 0.15) is 5.84 Å². The molecule has 0 aliphatic carbocycles. The summed E-state index contributed by atoms with van der Waals surface area (Å²) >= 11 is 0. The van der Waals surface area contributed by atoms with Crippen LogP contribution in [-0.2, 0) is 19.6 Å². The zero-order valence-corrected chi connectivity index (χ0v) is 14.9. The molecule has 1 aliphatic rings. The number of sulfonamides is 1. The second kappa shape index (κ2) is 8.61. The van der Waals surface area contributed by atoms with Crippen molar-refractivity contribution in [3.63, 3.8) is 0 Å². The van der Waals surface area contributed by atoms with Gasteiger partial charge in [-0.05, 0) is 18.6 Å². The first-order chi connectivity index (χ1) is 11.9. The smallest absolute Gasteiger partial charge is 0.263 e. The summed E-state index contributed by atoms with van der Waals surface area (Å²) in [5, 5.41) is 5.37. The molecule has 0 bridgehead atoms. The Balaban J connectivity index is 1.78. The lowest BCUT2D eigenvalue weighted by Crippen LogP contribution is -2.31. The van der Waals surface area contributed by atoms with Gasteiger partial charge in [0.15, 0.2) is 0 Å². The van der Waals surface area contributed by atoms with E-state index in [9.17, 15) is 18.0 Å². The van der Waals surface area contributed by atoms with Crippen LogP contribution in [0.1, 0.15) is 31.7 Å². The molecule has 136 valence electrons. The van der Waals surface area contributed by atoms with Gasteiger partial charge in [0.05, 0.1) is 11.4 Å². The highest BCUT2D eigenvalue weighted by atomic mass is 32.2. The number of aliphatic imine (C=N–C) groups is 1. The van der Waals surface area contributed by atoms with Crippen molar-refractivity contribution < 1.29 is 18.0 Å². The minimum atomic E-state index is -3.56. The van der Waals surface area contributed by atoms with Crippen molar-refractivity contribution in [2.45, 2.75) is 31.1 Å². The second-order valence-corrected chi connectivity index (χ2v) is 7.18. The van der Waals surface area contributed by atoms with Crippen LogP contribution in [0.15, 0.2) is 34.2 Å². The van der Waals surface area contributed by atoms with E-state index in [2.05, 4.69) is 20.3 Å². The van der Waals surface area contributed by atoms with Crippen molar-refractivity contribution in [1.82, 2.24) is 15.4 Å². The molecule has 0 aromatic heterocycles. The molecule has 3 N–H and O–H groups in total. The predicted octanol–water partition coefficient (Wildman–Crippen LogP) is 0.148. The highest BCUT2D eigenvalue weighted by Crippen LogP contribution is 2.21. The van der Waals surface area contributed by atoms with E-state index >= 15 is 0 Å². The normalized spacial score (nSPS) is 16.1. The number of hydrogen-bond acceptors (Lipinski definition) is 5. The standard InChI is InChI=1S/C16H22N4O4S/c1-2-9-17-14(21)7-10-18-15(22)8-11-19-16-12-5-3-4-6-13(12)25(23,24)20-16/h3-6H,2,7-11H2,1H3,(H,17,21)(H,18,22)(H,19,20). The van der Waals surface area contributed by atoms with Gasteiger partial charge in [0.2, 0.25) is 11.8 Å². The fourth-order valence-electron chi connectivity index (χ4n) is 2.28. The van der Waals surface area contributed by atoms with Gasteiger partial charge in [-0.2, -0.15) is 0 Å². The molecule has 2 amide bonds. The van der Waals surface area contributed by atoms with Crippen molar-refractivity contribution in [3.05, 3.63) is 29.8 Å². The number of benzene rings is 1. The fourth-order valence-corrected chi connectivity index (χ4v) is 3.53. The van der Waals surface area contributed by atoms with E-state index in [4.69, 9.17) is 0 Å². The summed E-state index contributed by atoms with van der Waals surface area (Å²) in [6.07, 6.45) is 1.21. The Morgan fingerprint density at radius 3 is 2.52 bits per heavy atom. The second-order valence-electron chi connectivity index (χ2n) is 5.53. The fraction of sp³-hybridized carbons (Fsp3) is 0.438. The predicted molar refractivity (Wildman–Crippen MR) is 93.7 cm³/mol. The van der Waals surface area contributed by atoms with Gasteiger partial charge in [0, 0.05) is 31.5 Å². The Kier molecular flexibility index (Phi) is 6.51. The van der Waals surface area contributed by atoms with Gasteiger partial charge >= 0.3 is 0 Å². The van der Waals surface area contributed by atoms with Gasteiger partial charge in [-0.1, -0.05) is 19.1 Å². The lowest BCUT2D eigenvalue weighted by Gasteiger charge is -2.05. The van der Waals surface area contributed by atoms with Gasteiger partial charge in [-0.15, -0.1) is 0 Å². The van der Waals surface area contributed by atoms with Crippen LogP contribution < -0.4 is 15.4 Å². The maximum Gasteiger partial charge on any atom is 0.263 e. The number of nitrogens with zero attached hydrogens (tertiary/aromatic N) is 1. The van der Waals surface area contributed by atoms with Crippen molar-refractivity contribution in [2.24, 2.45) is 4.99 Å². The lowest BCUT2D eigenvalue weighted by molar-refractivity contribution is -0.122. The monoisotopic (exact) mass is 366 g/mol. The van der Waals surface area contributed by atoms with Crippen molar-refractivity contribution >= 4 is 27.7 Å². The number of amidine groups is 1. The number of carbonyl (C=O) groups excluding carboxylic acids is 2. The number of rotatable bonds is 8. The number of nitrogens with one attached hydrogen (secondary N) is 3. The van der Waals surface area contributed by atoms with Crippen LogP contribution in [0.5, 0.6) is 0 Å². The molecule has 0 spiro atoms. The van der Waals surface area contributed by atoms with Crippen LogP contribution in [0, 0.1) is 0 Å². The van der Waals surface area contributed by atoms with Gasteiger partial charge in [-0.3, -0.25) is 19.3 Å².